The van der Waals surface area contributed by atoms with Crippen molar-refractivity contribution < 1.29 is 13.9 Å². The highest BCUT2D eigenvalue weighted by atomic mass is 79.9. The zero-order valence-corrected chi connectivity index (χ0v) is 18.5. The zero-order valence-electron chi connectivity index (χ0n) is 15.3. The normalized spacial score (nSPS) is 10.9. The lowest BCUT2D eigenvalue weighted by Gasteiger charge is -2.16. The molecular weight excluding hydrogens is 465 g/mol. The van der Waals surface area contributed by atoms with Gasteiger partial charge in [0, 0.05) is 23.5 Å². The first-order valence-corrected chi connectivity index (χ1v) is 10.9. The van der Waals surface area contributed by atoms with Gasteiger partial charge in [-0.1, -0.05) is 23.7 Å². The Kier molecular flexibility index (Phi) is 7.73. The molecule has 0 amide bonds. The molecule has 1 heterocycles. The summed E-state index contributed by atoms with van der Waals surface area (Å²) in [5.74, 6) is 0.747. The third-order valence-corrected chi connectivity index (χ3v) is 5.82. The van der Waals surface area contributed by atoms with Crippen molar-refractivity contribution in [3.05, 3.63) is 79.2 Å². The van der Waals surface area contributed by atoms with Crippen molar-refractivity contribution in [2.45, 2.75) is 26.6 Å². The Balaban J connectivity index is 1.73. The zero-order chi connectivity index (χ0) is 19.9. The maximum Gasteiger partial charge on any atom is 0.175 e. The molecule has 28 heavy (non-hydrogen) atoms. The highest BCUT2D eigenvalue weighted by Gasteiger charge is 2.15. The van der Waals surface area contributed by atoms with Crippen LogP contribution in [0.1, 0.15) is 22.9 Å². The molecule has 2 aromatic carbocycles. The second-order valence-electron chi connectivity index (χ2n) is 6.01. The smallest absolute Gasteiger partial charge is 0.175 e. The summed E-state index contributed by atoms with van der Waals surface area (Å²) in [5.41, 5.74) is 1.38. The Morgan fingerprint density at radius 2 is 2.00 bits per heavy atom. The molecule has 7 heteroatoms. The van der Waals surface area contributed by atoms with Gasteiger partial charge in [-0.25, -0.2) is 4.39 Å². The molecule has 0 fully saturated rings. The van der Waals surface area contributed by atoms with E-state index < -0.39 is 5.82 Å². The van der Waals surface area contributed by atoms with Crippen molar-refractivity contribution in [3.8, 4) is 11.5 Å². The van der Waals surface area contributed by atoms with Crippen LogP contribution < -0.4 is 14.8 Å². The molecule has 148 valence electrons. The lowest BCUT2D eigenvalue weighted by Crippen LogP contribution is -2.12. The van der Waals surface area contributed by atoms with Gasteiger partial charge in [0.05, 0.1) is 16.1 Å². The lowest BCUT2D eigenvalue weighted by molar-refractivity contribution is 0.264. The third kappa shape index (κ3) is 5.47. The molecular formula is C21H20BrClFNO2S. The summed E-state index contributed by atoms with van der Waals surface area (Å²) in [7, 11) is 0. The molecule has 3 aromatic rings. The molecule has 0 unspecified atom stereocenters. The number of hydrogen-bond donors (Lipinski definition) is 1. The summed E-state index contributed by atoms with van der Waals surface area (Å²) >= 11 is 11.4. The van der Waals surface area contributed by atoms with E-state index in [-0.39, 0.29) is 6.61 Å². The van der Waals surface area contributed by atoms with Crippen molar-refractivity contribution in [2.75, 3.05) is 6.61 Å². The van der Waals surface area contributed by atoms with Gasteiger partial charge in [-0.3, -0.25) is 0 Å². The third-order valence-electron chi connectivity index (χ3n) is 4.00. The number of ether oxygens (including phenoxy) is 2. The summed E-state index contributed by atoms with van der Waals surface area (Å²) in [6, 6.07) is 12.6. The van der Waals surface area contributed by atoms with Crippen LogP contribution in [0, 0.1) is 5.82 Å². The van der Waals surface area contributed by atoms with Crippen LogP contribution in [0.5, 0.6) is 11.5 Å². The van der Waals surface area contributed by atoms with Gasteiger partial charge in [0.25, 0.3) is 0 Å². The molecule has 0 saturated heterocycles. The summed E-state index contributed by atoms with van der Waals surface area (Å²) in [5, 5.41) is 5.82. The van der Waals surface area contributed by atoms with Crippen molar-refractivity contribution in [1.82, 2.24) is 5.32 Å². The molecule has 1 N–H and O–H groups in total. The monoisotopic (exact) mass is 483 g/mol. The molecule has 0 aliphatic carbocycles. The van der Waals surface area contributed by atoms with Gasteiger partial charge in [0.2, 0.25) is 0 Å². The quantitative estimate of drug-likeness (QED) is 0.372. The molecule has 3 nitrogen and oxygen atoms in total. The van der Waals surface area contributed by atoms with E-state index in [2.05, 4.69) is 32.7 Å². The SMILES string of the molecule is CCOc1cc(CNCc2cccs2)cc(Br)c1OCc1c(F)cccc1Cl. The van der Waals surface area contributed by atoms with Gasteiger partial charge in [-0.05, 0) is 64.1 Å². The molecule has 0 spiro atoms. The van der Waals surface area contributed by atoms with Crippen LogP contribution in [-0.2, 0) is 19.7 Å². The average molecular weight is 485 g/mol. The van der Waals surface area contributed by atoms with E-state index in [1.165, 1.54) is 10.9 Å². The maximum atomic E-state index is 14.0. The molecule has 3 rings (SSSR count). The van der Waals surface area contributed by atoms with Gasteiger partial charge < -0.3 is 14.8 Å². The number of rotatable bonds is 9. The van der Waals surface area contributed by atoms with Crippen LogP contribution in [0.4, 0.5) is 4.39 Å². The van der Waals surface area contributed by atoms with Gasteiger partial charge in [-0.2, -0.15) is 0 Å². The summed E-state index contributed by atoms with van der Waals surface area (Å²) in [6.45, 7) is 3.92. The summed E-state index contributed by atoms with van der Waals surface area (Å²) < 4.78 is 26.4. The minimum absolute atomic E-state index is 0.0140. The van der Waals surface area contributed by atoms with Gasteiger partial charge in [0.15, 0.2) is 11.5 Å². The maximum absolute atomic E-state index is 14.0. The Bertz CT molecular complexity index is 901. The Morgan fingerprint density at radius 1 is 1.14 bits per heavy atom. The number of benzene rings is 2. The molecule has 0 aliphatic rings. The molecule has 0 bridgehead atoms. The topological polar surface area (TPSA) is 30.5 Å². The van der Waals surface area contributed by atoms with Gasteiger partial charge in [0.1, 0.15) is 12.4 Å². The van der Waals surface area contributed by atoms with Crippen molar-refractivity contribution in [3.63, 3.8) is 0 Å². The van der Waals surface area contributed by atoms with Crippen LogP contribution in [0.15, 0.2) is 52.3 Å². The van der Waals surface area contributed by atoms with E-state index in [4.69, 9.17) is 21.1 Å². The van der Waals surface area contributed by atoms with Crippen LogP contribution in [0.25, 0.3) is 0 Å². The van der Waals surface area contributed by atoms with Gasteiger partial charge >= 0.3 is 0 Å². The molecule has 0 saturated carbocycles. The molecule has 1 aromatic heterocycles. The predicted octanol–water partition coefficient (Wildman–Crippen LogP) is 6.57. The molecule has 0 aliphatic heterocycles. The number of thiophene rings is 1. The van der Waals surface area contributed by atoms with Crippen LogP contribution in [0.3, 0.4) is 0 Å². The highest BCUT2D eigenvalue weighted by molar-refractivity contribution is 9.10. The number of hydrogen-bond acceptors (Lipinski definition) is 4. The second kappa shape index (κ2) is 10.3. The predicted molar refractivity (Wildman–Crippen MR) is 116 cm³/mol. The summed E-state index contributed by atoms with van der Waals surface area (Å²) in [4.78, 5) is 1.28. The van der Waals surface area contributed by atoms with Crippen molar-refractivity contribution in [1.29, 1.82) is 0 Å². The fourth-order valence-corrected chi connectivity index (χ4v) is 4.18. The van der Waals surface area contributed by atoms with Crippen LogP contribution in [-0.4, -0.2) is 6.61 Å². The minimum atomic E-state index is -0.393. The second-order valence-corrected chi connectivity index (χ2v) is 8.30. The van der Waals surface area contributed by atoms with E-state index >= 15 is 0 Å². The number of nitrogens with one attached hydrogen (secondary N) is 1. The Labute approximate surface area is 181 Å². The fourth-order valence-electron chi connectivity index (χ4n) is 2.68. The first kappa shape index (κ1) is 21.1. The fraction of sp³-hybridized carbons (Fsp3) is 0.238. The first-order chi connectivity index (χ1) is 13.6. The molecule has 0 radical (unpaired) electrons. The van der Waals surface area contributed by atoms with E-state index in [1.807, 2.05) is 25.1 Å². The van der Waals surface area contributed by atoms with Crippen molar-refractivity contribution in [2.24, 2.45) is 0 Å². The Hall–Kier alpha value is -1.60. The lowest BCUT2D eigenvalue weighted by atomic mass is 10.2. The standard InChI is InChI=1S/C21H20BrClFNO2S/c1-2-26-20-10-14(11-25-12-15-5-4-8-28-15)9-17(22)21(20)27-13-16-18(23)6-3-7-19(16)24/h3-10,25H,2,11-13H2,1H3. The largest absolute Gasteiger partial charge is 0.490 e. The van der Waals surface area contributed by atoms with E-state index in [1.54, 1.807) is 23.5 Å². The first-order valence-electron chi connectivity index (χ1n) is 8.82. The number of halogens is 3. The van der Waals surface area contributed by atoms with E-state index in [9.17, 15) is 4.39 Å². The van der Waals surface area contributed by atoms with Crippen LogP contribution >= 0.6 is 38.9 Å². The van der Waals surface area contributed by atoms with E-state index in [0.717, 1.165) is 16.6 Å². The highest BCUT2D eigenvalue weighted by Crippen LogP contribution is 2.38. The summed E-state index contributed by atoms with van der Waals surface area (Å²) in [6.07, 6.45) is 0. The van der Waals surface area contributed by atoms with Crippen molar-refractivity contribution >= 4 is 38.9 Å². The van der Waals surface area contributed by atoms with Gasteiger partial charge in [-0.15, -0.1) is 11.3 Å². The van der Waals surface area contributed by atoms with Crippen LogP contribution in [0.2, 0.25) is 5.02 Å². The Morgan fingerprint density at radius 3 is 2.71 bits per heavy atom. The average Bonchev–Trinajstić information content (AvgIpc) is 3.17. The van der Waals surface area contributed by atoms with E-state index in [0.29, 0.717) is 35.2 Å². The minimum Gasteiger partial charge on any atom is -0.490 e. The molecule has 0 atom stereocenters.